The summed E-state index contributed by atoms with van der Waals surface area (Å²) in [6, 6.07) is 18.1. The largest absolute Gasteiger partial charge is 0.504 e. The fourth-order valence-corrected chi connectivity index (χ4v) is 3.40. The van der Waals surface area contributed by atoms with Crippen molar-refractivity contribution in [2.24, 2.45) is 0 Å². The van der Waals surface area contributed by atoms with Crippen LogP contribution < -0.4 is 10.1 Å². The summed E-state index contributed by atoms with van der Waals surface area (Å²) < 4.78 is 15.8. The zero-order chi connectivity index (χ0) is 22.9. The second-order valence-electron chi connectivity index (χ2n) is 7.00. The highest BCUT2D eigenvalue weighted by atomic mass is 32.1. The first-order valence-corrected chi connectivity index (χ1v) is 10.7. The van der Waals surface area contributed by atoms with Crippen molar-refractivity contribution >= 4 is 41.2 Å². The zero-order valence-corrected chi connectivity index (χ0v) is 18.5. The van der Waals surface area contributed by atoms with Crippen LogP contribution in [0.3, 0.4) is 0 Å². The molecule has 3 rings (SSSR count). The summed E-state index contributed by atoms with van der Waals surface area (Å²) in [6.45, 7) is 0.173. The van der Waals surface area contributed by atoms with Crippen LogP contribution in [0, 0.1) is 0 Å². The molecule has 168 valence electrons. The molecule has 3 aromatic carbocycles. The van der Waals surface area contributed by atoms with Gasteiger partial charge in [0.05, 0.1) is 25.2 Å². The van der Waals surface area contributed by atoms with Gasteiger partial charge in [0.25, 0.3) is 0 Å². The summed E-state index contributed by atoms with van der Waals surface area (Å²) in [6.07, 6.45) is -0.460. The first kappa shape index (κ1) is 23.3. The first-order valence-electron chi connectivity index (χ1n) is 10.1. The number of carbonyl (C=O) groups excluding carboxylic acids is 2. The van der Waals surface area contributed by atoms with E-state index in [9.17, 15) is 14.7 Å². The monoisotopic (exact) mass is 455 g/mol. The molecule has 8 heteroatoms. The van der Waals surface area contributed by atoms with Crippen LogP contribution in [0.25, 0.3) is 10.8 Å². The molecule has 0 heterocycles. The van der Waals surface area contributed by atoms with Gasteiger partial charge in [-0.1, -0.05) is 42.5 Å². The van der Waals surface area contributed by atoms with Gasteiger partial charge in [-0.2, -0.15) is 12.6 Å². The molecule has 0 aliphatic carbocycles. The Hall–Kier alpha value is -3.39. The Kier molecular flexibility index (Phi) is 8.21. The second-order valence-corrected chi connectivity index (χ2v) is 7.31. The molecular formula is C24H25NO6S. The summed E-state index contributed by atoms with van der Waals surface area (Å²) >= 11 is 3.87. The van der Waals surface area contributed by atoms with E-state index in [2.05, 4.69) is 17.9 Å². The Morgan fingerprint density at radius 2 is 1.88 bits per heavy atom. The van der Waals surface area contributed by atoms with Crippen molar-refractivity contribution in [1.82, 2.24) is 0 Å². The zero-order valence-electron chi connectivity index (χ0n) is 17.6. The molecule has 32 heavy (non-hydrogen) atoms. The molecule has 0 aliphatic rings. The Bertz CT molecular complexity index is 1080. The molecule has 2 N–H and O–H groups in total. The van der Waals surface area contributed by atoms with Gasteiger partial charge in [-0.05, 0) is 42.0 Å². The standard InChI is InChI=1S/C24H25NO6S/c1-29-22-12-11-17(14-20(22)26)21(10-5-13-30-23(27)15-32)31-24(28)25-19-9-4-7-16-6-2-3-8-18(16)19/h2-4,6-9,11-12,14,21,26,32H,5,10,13,15H2,1H3,(H,25,28)/t21-/m1/s1. The van der Waals surface area contributed by atoms with Gasteiger partial charge in [0.1, 0.15) is 6.10 Å². The summed E-state index contributed by atoms with van der Waals surface area (Å²) in [4.78, 5) is 24.0. The van der Waals surface area contributed by atoms with Crippen LogP contribution in [-0.4, -0.2) is 36.6 Å². The SMILES string of the molecule is COc1ccc([C@@H](CCCOC(=O)CS)OC(=O)Nc2cccc3ccccc23)cc1O. The third-order valence-electron chi connectivity index (χ3n) is 4.85. The van der Waals surface area contributed by atoms with E-state index in [1.165, 1.54) is 13.2 Å². The number of phenols is 1. The minimum absolute atomic E-state index is 0.000279. The van der Waals surface area contributed by atoms with Crippen molar-refractivity contribution in [2.75, 3.05) is 24.8 Å². The number of phenolic OH excluding ortho intramolecular Hbond substituents is 1. The molecule has 3 aromatic rings. The fraction of sp³-hybridized carbons (Fsp3) is 0.250. The van der Waals surface area contributed by atoms with Crippen LogP contribution >= 0.6 is 12.6 Å². The number of ether oxygens (including phenoxy) is 3. The van der Waals surface area contributed by atoms with Crippen LogP contribution in [0.1, 0.15) is 24.5 Å². The lowest BCUT2D eigenvalue weighted by molar-refractivity contribution is -0.140. The predicted molar refractivity (Wildman–Crippen MR) is 125 cm³/mol. The number of hydrogen-bond acceptors (Lipinski definition) is 7. The van der Waals surface area contributed by atoms with Crippen molar-refractivity contribution in [2.45, 2.75) is 18.9 Å². The maximum Gasteiger partial charge on any atom is 0.412 e. The molecule has 0 spiro atoms. The van der Waals surface area contributed by atoms with E-state index in [-0.39, 0.29) is 18.1 Å². The van der Waals surface area contributed by atoms with Gasteiger partial charge in [0.15, 0.2) is 11.5 Å². The van der Waals surface area contributed by atoms with E-state index >= 15 is 0 Å². The highest BCUT2D eigenvalue weighted by Gasteiger charge is 2.19. The van der Waals surface area contributed by atoms with Gasteiger partial charge in [0, 0.05) is 5.39 Å². The molecular weight excluding hydrogens is 430 g/mol. The van der Waals surface area contributed by atoms with Crippen molar-refractivity contribution < 1.29 is 28.9 Å². The van der Waals surface area contributed by atoms with Crippen LogP contribution in [0.4, 0.5) is 10.5 Å². The van der Waals surface area contributed by atoms with Gasteiger partial charge in [-0.15, -0.1) is 0 Å². The summed E-state index contributed by atoms with van der Waals surface area (Å²) in [5.74, 6) is -0.161. The smallest absolute Gasteiger partial charge is 0.412 e. The van der Waals surface area contributed by atoms with E-state index in [0.29, 0.717) is 29.8 Å². The van der Waals surface area contributed by atoms with Crippen molar-refractivity contribution in [1.29, 1.82) is 0 Å². The van der Waals surface area contributed by atoms with Crippen molar-refractivity contribution in [3.63, 3.8) is 0 Å². The summed E-state index contributed by atoms with van der Waals surface area (Å²) in [7, 11) is 1.45. The van der Waals surface area contributed by atoms with Gasteiger partial charge >= 0.3 is 12.1 Å². The Morgan fingerprint density at radius 1 is 1.09 bits per heavy atom. The first-order chi connectivity index (χ1) is 15.5. The van der Waals surface area contributed by atoms with E-state index in [1.54, 1.807) is 18.2 Å². The molecule has 0 saturated heterocycles. The molecule has 1 amide bonds. The molecule has 0 aromatic heterocycles. The number of methoxy groups -OCH3 is 1. The number of esters is 1. The topological polar surface area (TPSA) is 94.1 Å². The average molecular weight is 456 g/mol. The molecule has 0 unspecified atom stereocenters. The predicted octanol–water partition coefficient (Wildman–Crippen LogP) is 5.10. The van der Waals surface area contributed by atoms with E-state index in [4.69, 9.17) is 14.2 Å². The maximum absolute atomic E-state index is 12.7. The van der Waals surface area contributed by atoms with Crippen LogP contribution in [0.5, 0.6) is 11.5 Å². The third kappa shape index (κ3) is 6.07. The van der Waals surface area contributed by atoms with Crippen LogP contribution in [0.2, 0.25) is 0 Å². The van der Waals surface area contributed by atoms with Gasteiger partial charge in [-0.3, -0.25) is 10.1 Å². The molecule has 1 atom stereocenters. The fourth-order valence-electron chi connectivity index (χ4n) is 3.30. The van der Waals surface area contributed by atoms with Crippen LogP contribution in [-0.2, 0) is 14.3 Å². The summed E-state index contributed by atoms with van der Waals surface area (Å²) in [5.41, 5.74) is 1.23. The molecule has 0 bridgehead atoms. The minimum atomic E-state index is -0.670. The number of benzene rings is 3. The Morgan fingerprint density at radius 3 is 2.62 bits per heavy atom. The highest BCUT2D eigenvalue weighted by molar-refractivity contribution is 7.81. The minimum Gasteiger partial charge on any atom is -0.504 e. The highest BCUT2D eigenvalue weighted by Crippen LogP contribution is 2.32. The lowest BCUT2D eigenvalue weighted by Gasteiger charge is -2.20. The number of rotatable bonds is 9. The van der Waals surface area contributed by atoms with E-state index < -0.39 is 18.2 Å². The number of amides is 1. The number of carbonyl (C=O) groups is 2. The second kappa shape index (κ2) is 11.3. The molecule has 0 saturated carbocycles. The number of fused-ring (bicyclic) bond motifs is 1. The number of anilines is 1. The lowest BCUT2D eigenvalue weighted by Crippen LogP contribution is -2.18. The van der Waals surface area contributed by atoms with E-state index in [0.717, 1.165) is 10.8 Å². The van der Waals surface area contributed by atoms with Crippen molar-refractivity contribution in [3.8, 4) is 11.5 Å². The van der Waals surface area contributed by atoms with Crippen molar-refractivity contribution in [3.05, 3.63) is 66.2 Å². The third-order valence-corrected chi connectivity index (χ3v) is 5.11. The molecule has 0 fully saturated rings. The Balaban J connectivity index is 1.74. The van der Waals surface area contributed by atoms with Gasteiger partial charge in [0.2, 0.25) is 0 Å². The van der Waals surface area contributed by atoms with Gasteiger partial charge < -0.3 is 19.3 Å². The number of thiol groups is 1. The van der Waals surface area contributed by atoms with Gasteiger partial charge in [-0.25, -0.2) is 4.79 Å². The number of hydrogen-bond donors (Lipinski definition) is 3. The summed E-state index contributed by atoms with van der Waals surface area (Å²) in [5, 5.41) is 14.8. The molecule has 0 aliphatic heterocycles. The molecule has 7 nitrogen and oxygen atoms in total. The normalized spacial score (nSPS) is 11.6. The average Bonchev–Trinajstić information content (AvgIpc) is 2.81. The lowest BCUT2D eigenvalue weighted by atomic mass is 10.0. The number of nitrogens with one attached hydrogen (secondary N) is 1. The molecule has 0 radical (unpaired) electrons. The van der Waals surface area contributed by atoms with E-state index in [1.807, 2.05) is 36.4 Å². The Labute approximate surface area is 191 Å². The maximum atomic E-state index is 12.7. The quantitative estimate of drug-likeness (QED) is 0.236. The van der Waals surface area contributed by atoms with Crippen LogP contribution in [0.15, 0.2) is 60.7 Å². The number of aromatic hydroxyl groups is 1.